The number of fused-ring (bicyclic) bond motifs is 3. The van der Waals surface area contributed by atoms with Crippen LogP contribution in [0.4, 0.5) is 10.5 Å². The van der Waals surface area contributed by atoms with Crippen molar-refractivity contribution in [1.82, 2.24) is 5.32 Å². The van der Waals surface area contributed by atoms with Crippen molar-refractivity contribution in [3.63, 3.8) is 0 Å². The van der Waals surface area contributed by atoms with Crippen LogP contribution in [-0.2, 0) is 4.74 Å². The number of nitrogens with zero attached hydrogens (tertiary/aromatic N) is 1. The molecule has 3 aromatic carbocycles. The lowest BCUT2D eigenvalue weighted by Gasteiger charge is -2.14. The van der Waals surface area contributed by atoms with E-state index in [1.54, 1.807) is 13.0 Å². The van der Waals surface area contributed by atoms with Crippen LogP contribution >= 0.6 is 0 Å². The number of hydrogen-bond donors (Lipinski definition) is 1. The molecule has 0 radical (unpaired) electrons. The summed E-state index contributed by atoms with van der Waals surface area (Å²) in [5.74, 6) is 5.63. The second-order valence-corrected chi connectivity index (χ2v) is 7.30. The van der Waals surface area contributed by atoms with Gasteiger partial charge < -0.3 is 10.1 Å². The Bertz CT molecular complexity index is 1180. The van der Waals surface area contributed by atoms with Crippen LogP contribution in [0.2, 0.25) is 0 Å². The number of amides is 1. The first-order valence-corrected chi connectivity index (χ1v) is 9.87. The van der Waals surface area contributed by atoms with Gasteiger partial charge in [-0.2, -0.15) is 0 Å². The van der Waals surface area contributed by atoms with Gasteiger partial charge >= 0.3 is 6.09 Å². The highest BCUT2D eigenvalue weighted by molar-refractivity contribution is 5.79. The van der Waals surface area contributed by atoms with Crippen LogP contribution in [0.15, 0.2) is 66.7 Å². The van der Waals surface area contributed by atoms with Gasteiger partial charge in [-0.1, -0.05) is 60.4 Å². The lowest BCUT2D eigenvalue weighted by atomic mass is 9.98. The van der Waals surface area contributed by atoms with E-state index in [1.807, 2.05) is 24.3 Å². The molecule has 0 unspecified atom stereocenters. The van der Waals surface area contributed by atoms with Crippen molar-refractivity contribution < 1.29 is 14.5 Å². The first-order valence-electron chi connectivity index (χ1n) is 9.87. The van der Waals surface area contributed by atoms with Gasteiger partial charge in [0.1, 0.15) is 6.61 Å². The second-order valence-electron chi connectivity index (χ2n) is 7.30. The highest BCUT2D eigenvalue weighted by Crippen LogP contribution is 2.44. The summed E-state index contributed by atoms with van der Waals surface area (Å²) in [6, 6.07) is 20.9. The van der Waals surface area contributed by atoms with Crippen molar-refractivity contribution in [3.8, 4) is 23.0 Å². The standard InChI is InChI=1S/C25H20N2O4/c1-17-13-18(15-19(14-17)27(29)30)7-6-12-26-25(28)31-16-24-22-10-4-2-8-20(22)21-9-3-5-11-23(21)24/h2-5,8-11,13-15,24H,12,16H2,1H3,(H,26,28). The third-order valence-corrected chi connectivity index (χ3v) is 5.17. The molecule has 0 heterocycles. The van der Waals surface area contributed by atoms with Crippen LogP contribution in [0.1, 0.15) is 28.2 Å². The van der Waals surface area contributed by atoms with Crippen molar-refractivity contribution in [2.45, 2.75) is 12.8 Å². The molecule has 0 bridgehead atoms. The lowest BCUT2D eigenvalue weighted by molar-refractivity contribution is -0.384. The first-order chi connectivity index (χ1) is 15.0. The zero-order valence-corrected chi connectivity index (χ0v) is 16.9. The Morgan fingerprint density at radius 3 is 2.35 bits per heavy atom. The number of hydrogen-bond acceptors (Lipinski definition) is 4. The summed E-state index contributed by atoms with van der Waals surface area (Å²) in [5, 5.41) is 13.6. The van der Waals surface area contributed by atoms with Crippen molar-refractivity contribution in [1.29, 1.82) is 0 Å². The maximum Gasteiger partial charge on any atom is 0.407 e. The molecule has 1 aliphatic rings. The number of nitro benzene ring substituents is 1. The molecule has 0 atom stereocenters. The fourth-order valence-corrected chi connectivity index (χ4v) is 3.85. The molecule has 6 nitrogen and oxygen atoms in total. The third-order valence-electron chi connectivity index (χ3n) is 5.17. The molecular formula is C25H20N2O4. The maximum atomic E-state index is 12.1. The number of alkyl carbamates (subject to hydrolysis) is 1. The molecule has 154 valence electrons. The number of nitro groups is 1. The molecule has 0 aliphatic heterocycles. The predicted molar refractivity (Wildman–Crippen MR) is 118 cm³/mol. The fourth-order valence-electron chi connectivity index (χ4n) is 3.85. The van der Waals surface area contributed by atoms with Gasteiger partial charge in [-0.3, -0.25) is 10.1 Å². The number of ether oxygens (including phenoxy) is 1. The van der Waals surface area contributed by atoms with Gasteiger partial charge in [-0.15, -0.1) is 0 Å². The van der Waals surface area contributed by atoms with E-state index in [9.17, 15) is 14.9 Å². The van der Waals surface area contributed by atoms with Gasteiger partial charge in [-0.25, -0.2) is 4.79 Å². The average Bonchev–Trinajstić information content (AvgIpc) is 3.09. The zero-order chi connectivity index (χ0) is 21.8. The van der Waals surface area contributed by atoms with Gasteiger partial charge in [0, 0.05) is 23.6 Å². The van der Waals surface area contributed by atoms with Crippen LogP contribution in [0.3, 0.4) is 0 Å². The van der Waals surface area contributed by atoms with Crippen molar-refractivity contribution in [3.05, 3.63) is 99.1 Å². The molecule has 0 fully saturated rings. The number of non-ortho nitro benzene ring substituents is 1. The van der Waals surface area contributed by atoms with E-state index in [1.165, 1.54) is 23.3 Å². The average molecular weight is 412 g/mol. The summed E-state index contributed by atoms with van der Waals surface area (Å²) in [6.45, 7) is 2.09. The molecule has 0 saturated carbocycles. The molecule has 31 heavy (non-hydrogen) atoms. The van der Waals surface area contributed by atoms with Gasteiger partial charge in [-0.05, 0) is 40.8 Å². The maximum absolute atomic E-state index is 12.1. The highest BCUT2D eigenvalue weighted by Gasteiger charge is 2.28. The Hall–Kier alpha value is -4.11. The van der Waals surface area contributed by atoms with E-state index in [-0.39, 0.29) is 24.8 Å². The summed E-state index contributed by atoms with van der Waals surface area (Å²) in [6.07, 6.45) is -0.550. The van der Waals surface area contributed by atoms with Crippen LogP contribution < -0.4 is 5.32 Å². The number of carbonyl (C=O) groups excluding carboxylic acids is 1. The first kappa shape index (κ1) is 20.2. The molecule has 0 saturated heterocycles. The molecular weight excluding hydrogens is 392 g/mol. The van der Waals surface area contributed by atoms with E-state index in [2.05, 4.69) is 41.4 Å². The topological polar surface area (TPSA) is 81.5 Å². The van der Waals surface area contributed by atoms with Crippen molar-refractivity contribution in [2.24, 2.45) is 0 Å². The summed E-state index contributed by atoms with van der Waals surface area (Å²) in [4.78, 5) is 22.6. The van der Waals surface area contributed by atoms with E-state index < -0.39 is 11.0 Å². The Morgan fingerprint density at radius 2 is 1.71 bits per heavy atom. The van der Waals surface area contributed by atoms with Crippen LogP contribution in [-0.4, -0.2) is 24.2 Å². The number of rotatable bonds is 4. The van der Waals surface area contributed by atoms with E-state index in [4.69, 9.17) is 4.74 Å². The van der Waals surface area contributed by atoms with Crippen LogP contribution in [0.25, 0.3) is 11.1 Å². The largest absolute Gasteiger partial charge is 0.449 e. The Kier molecular flexibility index (Phi) is 5.67. The van der Waals surface area contributed by atoms with E-state index in [0.717, 1.165) is 16.7 Å². The van der Waals surface area contributed by atoms with Gasteiger partial charge in [0.15, 0.2) is 0 Å². The van der Waals surface area contributed by atoms with E-state index >= 15 is 0 Å². The molecule has 1 aliphatic carbocycles. The minimum Gasteiger partial charge on any atom is -0.449 e. The molecule has 1 N–H and O–H groups in total. The number of carbonyl (C=O) groups is 1. The lowest BCUT2D eigenvalue weighted by Crippen LogP contribution is -2.26. The number of nitrogens with one attached hydrogen (secondary N) is 1. The Morgan fingerprint density at radius 1 is 1.06 bits per heavy atom. The van der Waals surface area contributed by atoms with E-state index in [0.29, 0.717) is 5.56 Å². The quantitative estimate of drug-likeness (QED) is 0.379. The summed E-state index contributed by atoms with van der Waals surface area (Å²) >= 11 is 0. The predicted octanol–water partition coefficient (Wildman–Crippen LogP) is 4.79. The highest BCUT2D eigenvalue weighted by atomic mass is 16.6. The molecule has 4 rings (SSSR count). The van der Waals surface area contributed by atoms with Crippen molar-refractivity contribution >= 4 is 11.8 Å². The van der Waals surface area contributed by atoms with Gasteiger partial charge in [0.2, 0.25) is 0 Å². The smallest absolute Gasteiger partial charge is 0.407 e. The monoisotopic (exact) mass is 412 g/mol. The van der Waals surface area contributed by atoms with Crippen LogP contribution in [0.5, 0.6) is 0 Å². The molecule has 6 heteroatoms. The zero-order valence-electron chi connectivity index (χ0n) is 16.9. The minimum atomic E-state index is -0.550. The van der Waals surface area contributed by atoms with Gasteiger partial charge in [0.25, 0.3) is 5.69 Å². The fraction of sp³-hybridized carbons (Fsp3) is 0.160. The van der Waals surface area contributed by atoms with Crippen LogP contribution in [0, 0.1) is 28.9 Å². The SMILES string of the molecule is Cc1cc(C#CCNC(=O)OCC2c3ccccc3-c3ccccc32)cc([N+](=O)[O-])c1. The second kappa shape index (κ2) is 8.72. The molecule has 3 aromatic rings. The van der Waals surface area contributed by atoms with Gasteiger partial charge in [0.05, 0.1) is 11.5 Å². The number of aryl methyl sites for hydroxylation is 1. The Labute approximate surface area is 180 Å². The molecule has 0 aromatic heterocycles. The third kappa shape index (κ3) is 4.41. The summed E-state index contributed by atoms with van der Waals surface area (Å²) < 4.78 is 5.45. The summed E-state index contributed by atoms with van der Waals surface area (Å²) in [7, 11) is 0. The minimum absolute atomic E-state index is 0.00271. The number of benzene rings is 3. The molecule has 0 spiro atoms. The summed E-state index contributed by atoms with van der Waals surface area (Å²) in [5.41, 5.74) is 5.92. The normalized spacial score (nSPS) is 11.6. The molecule has 1 amide bonds. The Balaban J connectivity index is 1.35. The van der Waals surface area contributed by atoms with Crippen molar-refractivity contribution in [2.75, 3.05) is 13.2 Å².